The zero-order valence-electron chi connectivity index (χ0n) is 21.1. The van der Waals surface area contributed by atoms with Crippen LogP contribution in [-0.4, -0.2) is 66.7 Å². The maximum Gasteiger partial charge on any atom is 0.238 e. The fourth-order valence-corrected chi connectivity index (χ4v) is 4.72. The van der Waals surface area contributed by atoms with E-state index in [1.807, 2.05) is 25.1 Å². The molecule has 5 rings (SSSR count). The number of nitrogens with two attached hydrogens (primary N) is 1. The SMILES string of the molecule is COc1ccccc1N1CCN(c2nc(C)cc(OCc3cn(-c4ccc(S(N)(=O)=O)cc4)nn3)n2)CC1. The lowest BCUT2D eigenvalue weighted by Crippen LogP contribution is -2.47. The number of methoxy groups -OCH3 is 1. The Balaban J connectivity index is 1.22. The molecule has 1 fully saturated rings. The summed E-state index contributed by atoms with van der Waals surface area (Å²) in [6.45, 7) is 5.22. The summed E-state index contributed by atoms with van der Waals surface area (Å²) in [5.74, 6) is 1.94. The van der Waals surface area contributed by atoms with E-state index in [2.05, 4.69) is 36.1 Å². The van der Waals surface area contributed by atoms with Crippen molar-refractivity contribution in [2.45, 2.75) is 18.4 Å². The molecule has 0 amide bonds. The van der Waals surface area contributed by atoms with E-state index in [-0.39, 0.29) is 11.5 Å². The minimum Gasteiger partial charge on any atom is -0.495 e. The van der Waals surface area contributed by atoms with Crippen LogP contribution in [0.2, 0.25) is 0 Å². The average molecular weight is 537 g/mol. The summed E-state index contributed by atoms with van der Waals surface area (Å²) in [7, 11) is -2.07. The molecule has 3 heterocycles. The minimum absolute atomic E-state index is 0.0288. The van der Waals surface area contributed by atoms with Crippen molar-refractivity contribution in [3.05, 3.63) is 72.2 Å². The van der Waals surface area contributed by atoms with Crippen molar-refractivity contribution in [2.75, 3.05) is 43.1 Å². The van der Waals surface area contributed by atoms with Crippen molar-refractivity contribution in [3.8, 4) is 17.3 Å². The molecule has 0 aliphatic carbocycles. The Hall–Kier alpha value is -4.23. The third-order valence-corrected chi connectivity index (χ3v) is 7.08. The molecular formula is C25H28N8O4S. The van der Waals surface area contributed by atoms with E-state index in [1.165, 1.54) is 16.8 Å². The third kappa shape index (κ3) is 5.68. The van der Waals surface area contributed by atoms with Gasteiger partial charge in [0, 0.05) is 37.9 Å². The first-order chi connectivity index (χ1) is 18.3. The molecule has 2 N–H and O–H groups in total. The molecule has 0 bridgehead atoms. The first kappa shape index (κ1) is 25.4. The largest absolute Gasteiger partial charge is 0.495 e. The number of hydrogen-bond donors (Lipinski definition) is 1. The average Bonchev–Trinajstić information content (AvgIpc) is 3.40. The number of benzene rings is 2. The van der Waals surface area contributed by atoms with Gasteiger partial charge in [-0.15, -0.1) is 5.10 Å². The standard InChI is InChI=1S/C25H28N8O4S/c1-18-15-24(37-17-19-16-33(30-29-19)20-7-9-21(10-8-20)38(26,34)35)28-25(27-18)32-13-11-31(12-14-32)22-5-3-4-6-23(22)36-2/h3-10,15-16H,11-14,17H2,1-2H3,(H2,26,34,35). The number of sulfonamides is 1. The number of aromatic nitrogens is 5. The summed E-state index contributed by atoms with van der Waals surface area (Å²) >= 11 is 0. The van der Waals surface area contributed by atoms with Gasteiger partial charge in [-0.2, -0.15) is 4.98 Å². The third-order valence-electron chi connectivity index (χ3n) is 6.15. The van der Waals surface area contributed by atoms with Gasteiger partial charge in [0.2, 0.25) is 21.9 Å². The molecule has 12 nitrogen and oxygen atoms in total. The molecule has 1 aliphatic heterocycles. The van der Waals surface area contributed by atoms with Crippen LogP contribution in [0.25, 0.3) is 5.69 Å². The first-order valence-electron chi connectivity index (χ1n) is 12.0. The smallest absolute Gasteiger partial charge is 0.238 e. The van der Waals surface area contributed by atoms with E-state index in [0.717, 1.165) is 43.3 Å². The van der Waals surface area contributed by atoms with Gasteiger partial charge in [-0.1, -0.05) is 17.3 Å². The second-order valence-corrected chi connectivity index (χ2v) is 10.3. The molecule has 0 radical (unpaired) electrons. The summed E-state index contributed by atoms with van der Waals surface area (Å²) < 4.78 is 35.9. The maximum absolute atomic E-state index is 11.5. The predicted octanol–water partition coefficient (Wildman–Crippen LogP) is 1.93. The number of nitrogens with zero attached hydrogens (tertiary/aromatic N) is 7. The van der Waals surface area contributed by atoms with Crippen LogP contribution in [0.15, 0.2) is 65.7 Å². The number of anilines is 2. The Kier molecular flexibility index (Phi) is 7.11. The molecule has 1 saturated heterocycles. The van der Waals surface area contributed by atoms with Gasteiger partial charge in [0.15, 0.2) is 0 Å². The molecule has 0 spiro atoms. The summed E-state index contributed by atoms with van der Waals surface area (Å²) in [5.41, 5.74) is 3.11. The van der Waals surface area contributed by atoms with Crippen molar-refractivity contribution in [3.63, 3.8) is 0 Å². The van der Waals surface area contributed by atoms with Gasteiger partial charge in [-0.05, 0) is 43.3 Å². The maximum atomic E-state index is 11.5. The second-order valence-electron chi connectivity index (χ2n) is 8.78. The lowest BCUT2D eigenvalue weighted by Gasteiger charge is -2.36. The van der Waals surface area contributed by atoms with Crippen molar-refractivity contribution in [1.29, 1.82) is 0 Å². The van der Waals surface area contributed by atoms with Crippen LogP contribution < -0.4 is 24.4 Å². The Morgan fingerprint density at radius 2 is 1.68 bits per heavy atom. The van der Waals surface area contributed by atoms with Crippen LogP contribution in [0.1, 0.15) is 11.4 Å². The van der Waals surface area contributed by atoms with Gasteiger partial charge in [0.05, 0.1) is 29.6 Å². The normalized spacial score (nSPS) is 14.0. The zero-order valence-corrected chi connectivity index (χ0v) is 21.9. The van der Waals surface area contributed by atoms with Crippen molar-refractivity contribution in [2.24, 2.45) is 5.14 Å². The van der Waals surface area contributed by atoms with Crippen molar-refractivity contribution in [1.82, 2.24) is 25.0 Å². The van der Waals surface area contributed by atoms with Crippen LogP contribution in [0.4, 0.5) is 11.6 Å². The van der Waals surface area contributed by atoms with Crippen LogP contribution in [0.5, 0.6) is 11.6 Å². The van der Waals surface area contributed by atoms with Crippen LogP contribution in [0, 0.1) is 6.92 Å². The highest BCUT2D eigenvalue weighted by Gasteiger charge is 2.22. The summed E-state index contributed by atoms with van der Waals surface area (Å²) in [6.07, 6.45) is 1.71. The van der Waals surface area contributed by atoms with Gasteiger partial charge in [0.25, 0.3) is 0 Å². The van der Waals surface area contributed by atoms with Gasteiger partial charge in [-0.3, -0.25) is 0 Å². The van der Waals surface area contributed by atoms with Crippen molar-refractivity contribution < 1.29 is 17.9 Å². The van der Waals surface area contributed by atoms with Gasteiger partial charge < -0.3 is 19.3 Å². The van der Waals surface area contributed by atoms with E-state index >= 15 is 0 Å². The molecule has 4 aromatic rings. The molecule has 1 aliphatic rings. The Morgan fingerprint density at radius 3 is 2.39 bits per heavy atom. The highest BCUT2D eigenvalue weighted by atomic mass is 32.2. The lowest BCUT2D eigenvalue weighted by molar-refractivity contribution is 0.288. The monoisotopic (exact) mass is 536 g/mol. The molecule has 38 heavy (non-hydrogen) atoms. The number of aryl methyl sites for hydroxylation is 1. The molecule has 2 aromatic heterocycles. The van der Waals surface area contributed by atoms with Crippen LogP contribution in [-0.2, 0) is 16.6 Å². The molecular weight excluding hydrogens is 508 g/mol. The Labute approximate surface area is 220 Å². The molecule has 0 atom stereocenters. The van der Waals surface area contributed by atoms with Crippen molar-refractivity contribution >= 4 is 21.7 Å². The number of ether oxygens (including phenoxy) is 2. The van der Waals surface area contributed by atoms with E-state index in [1.54, 1.807) is 31.5 Å². The van der Waals surface area contributed by atoms with Gasteiger partial charge in [-0.25, -0.2) is 23.2 Å². The topological polar surface area (TPSA) is 142 Å². The molecule has 2 aromatic carbocycles. The number of primary sulfonamides is 1. The first-order valence-corrected chi connectivity index (χ1v) is 13.5. The molecule has 13 heteroatoms. The van der Waals surface area contributed by atoms with E-state index in [9.17, 15) is 8.42 Å². The van der Waals surface area contributed by atoms with E-state index < -0.39 is 10.0 Å². The number of para-hydroxylation sites is 2. The predicted molar refractivity (Wildman–Crippen MR) is 141 cm³/mol. The Bertz CT molecular complexity index is 1520. The summed E-state index contributed by atoms with van der Waals surface area (Å²) in [6, 6.07) is 15.9. The van der Waals surface area contributed by atoms with Gasteiger partial charge in [0.1, 0.15) is 18.1 Å². The number of rotatable bonds is 8. The Morgan fingerprint density at radius 1 is 0.974 bits per heavy atom. The summed E-state index contributed by atoms with van der Waals surface area (Å²) in [4.78, 5) is 13.7. The molecule has 0 saturated carbocycles. The fraction of sp³-hybridized carbons (Fsp3) is 0.280. The summed E-state index contributed by atoms with van der Waals surface area (Å²) in [5, 5.41) is 13.4. The second kappa shape index (κ2) is 10.6. The van der Waals surface area contributed by atoms with Crippen LogP contribution in [0.3, 0.4) is 0 Å². The quantitative estimate of drug-likeness (QED) is 0.355. The number of piperazine rings is 1. The molecule has 0 unspecified atom stereocenters. The highest BCUT2D eigenvalue weighted by molar-refractivity contribution is 7.89. The zero-order chi connectivity index (χ0) is 26.7. The lowest BCUT2D eigenvalue weighted by atomic mass is 10.2. The molecule has 198 valence electrons. The minimum atomic E-state index is -3.76. The fourth-order valence-electron chi connectivity index (χ4n) is 4.21. The van der Waals surface area contributed by atoms with E-state index in [0.29, 0.717) is 23.2 Å². The van der Waals surface area contributed by atoms with Crippen LogP contribution >= 0.6 is 0 Å². The van der Waals surface area contributed by atoms with E-state index in [4.69, 9.17) is 14.6 Å². The highest BCUT2D eigenvalue weighted by Crippen LogP contribution is 2.29. The number of hydrogen-bond acceptors (Lipinski definition) is 10. The van der Waals surface area contributed by atoms with Gasteiger partial charge >= 0.3 is 0 Å².